The first kappa shape index (κ1) is 21.8. The van der Waals surface area contributed by atoms with Crippen molar-refractivity contribution in [2.24, 2.45) is 0 Å². The molecule has 0 N–H and O–H groups in total. The lowest BCUT2D eigenvalue weighted by Gasteiger charge is -2.33. The lowest BCUT2D eigenvalue weighted by Crippen LogP contribution is -2.47. The molecule has 1 aliphatic heterocycles. The molecule has 3 heterocycles. The lowest BCUT2D eigenvalue weighted by molar-refractivity contribution is -0.156. The summed E-state index contributed by atoms with van der Waals surface area (Å²) in [6.07, 6.45) is -1.33. The van der Waals surface area contributed by atoms with E-state index in [-0.39, 0.29) is 11.9 Å². The van der Waals surface area contributed by atoms with Crippen LogP contribution in [0.4, 0.5) is 18.0 Å². The summed E-state index contributed by atoms with van der Waals surface area (Å²) >= 11 is 0. The van der Waals surface area contributed by atoms with Crippen LogP contribution in [0.1, 0.15) is 17.0 Å². The van der Waals surface area contributed by atoms with E-state index in [1.807, 2.05) is 6.07 Å². The van der Waals surface area contributed by atoms with Crippen LogP contribution in [0, 0.1) is 0 Å². The van der Waals surface area contributed by atoms with Gasteiger partial charge in [0, 0.05) is 44.1 Å². The third kappa shape index (κ3) is 5.22. The number of halogens is 3. The van der Waals surface area contributed by atoms with Gasteiger partial charge < -0.3 is 19.0 Å². The molecule has 0 saturated carbocycles. The molecule has 2 amide bonds. The number of hydrogen-bond acceptors (Lipinski definition) is 6. The second-order valence-electron chi connectivity index (χ2n) is 7.21. The minimum absolute atomic E-state index is 0.118. The second kappa shape index (κ2) is 9.35. The van der Waals surface area contributed by atoms with Gasteiger partial charge in [0.1, 0.15) is 0 Å². The normalized spacial score (nSPS) is 14.4. The van der Waals surface area contributed by atoms with E-state index in [1.54, 1.807) is 52.5 Å². The highest BCUT2D eigenvalue weighted by Gasteiger charge is 2.38. The summed E-state index contributed by atoms with van der Waals surface area (Å²) in [7, 11) is 0. The summed E-state index contributed by atoms with van der Waals surface area (Å²) in [5.74, 6) is -1.61. The number of pyridine rings is 1. The highest BCUT2D eigenvalue weighted by Crippen LogP contribution is 2.30. The number of urea groups is 1. The number of alkyl halides is 3. The van der Waals surface area contributed by atoms with Crippen LogP contribution in [0.15, 0.2) is 53.2 Å². The van der Waals surface area contributed by atoms with Gasteiger partial charge in [0.25, 0.3) is 0 Å². The van der Waals surface area contributed by atoms with E-state index in [2.05, 4.69) is 15.2 Å². The lowest BCUT2D eigenvalue weighted by atomic mass is 10.1. The van der Waals surface area contributed by atoms with E-state index < -0.39 is 12.1 Å². The van der Waals surface area contributed by atoms with Crippen LogP contribution >= 0.6 is 0 Å². The van der Waals surface area contributed by atoms with Crippen molar-refractivity contribution >= 4 is 6.03 Å². The number of aromatic nitrogens is 3. The molecule has 0 spiro atoms. The average Bonchev–Trinajstić information content (AvgIpc) is 3.31. The summed E-state index contributed by atoms with van der Waals surface area (Å²) < 4.78 is 48.1. The Balaban J connectivity index is 1.51. The first-order valence-corrected chi connectivity index (χ1v) is 9.90. The maximum absolute atomic E-state index is 13.1. The minimum atomic E-state index is -4.70. The quantitative estimate of drug-likeness (QED) is 0.594. The van der Waals surface area contributed by atoms with Gasteiger partial charge in [0.2, 0.25) is 5.89 Å². The van der Waals surface area contributed by atoms with Gasteiger partial charge in [-0.25, -0.2) is 4.79 Å². The Morgan fingerprint density at radius 2 is 1.75 bits per heavy atom. The number of hydrogen-bond donors (Lipinski definition) is 0. The standard InChI is InChI=1S/C21H20F3N5O3/c22-21(23,24)19-27-26-18(32-19)17-5-3-15(4-6-17)13-29(14-16-2-1-7-25-12-16)20(30)28-8-10-31-11-9-28/h1-7,12H,8-11,13-14H2. The van der Waals surface area contributed by atoms with Crippen LogP contribution in [0.3, 0.4) is 0 Å². The summed E-state index contributed by atoms with van der Waals surface area (Å²) in [6.45, 7) is 2.68. The summed E-state index contributed by atoms with van der Waals surface area (Å²) in [5, 5.41) is 6.50. The van der Waals surface area contributed by atoms with Crippen molar-refractivity contribution in [3.63, 3.8) is 0 Å². The Hall–Kier alpha value is -3.47. The number of rotatable bonds is 5. The maximum Gasteiger partial charge on any atom is 0.470 e. The Bertz CT molecular complexity index is 1030. The number of benzene rings is 1. The minimum Gasteiger partial charge on any atom is -0.413 e. The molecule has 4 rings (SSSR count). The van der Waals surface area contributed by atoms with Crippen molar-refractivity contribution in [2.75, 3.05) is 26.3 Å². The Morgan fingerprint density at radius 3 is 2.38 bits per heavy atom. The van der Waals surface area contributed by atoms with Crippen molar-refractivity contribution in [3.05, 3.63) is 65.8 Å². The summed E-state index contributed by atoms with van der Waals surface area (Å²) in [6, 6.07) is 10.2. The molecule has 32 heavy (non-hydrogen) atoms. The van der Waals surface area contributed by atoms with Gasteiger partial charge in [0.15, 0.2) is 0 Å². The van der Waals surface area contributed by atoms with Gasteiger partial charge in [-0.15, -0.1) is 10.2 Å². The number of amides is 2. The first-order valence-electron chi connectivity index (χ1n) is 9.90. The van der Waals surface area contributed by atoms with E-state index in [9.17, 15) is 18.0 Å². The van der Waals surface area contributed by atoms with Crippen LogP contribution in [-0.2, 0) is 24.0 Å². The first-order chi connectivity index (χ1) is 15.4. The zero-order valence-electron chi connectivity index (χ0n) is 17.0. The average molecular weight is 447 g/mol. The van der Waals surface area contributed by atoms with Crippen LogP contribution in [0.25, 0.3) is 11.5 Å². The molecule has 1 fully saturated rings. The predicted molar refractivity (Wildman–Crippen MR) is 106 cm³/mol. The molecular formula is C21H20F3N5O3. The Morgan fingerprint density at radius 1 is 1.03 bits per heavy atom. The Labute approximate surface area is 181 Å². The van der Waals surface area contributed by atoms with Crippen molar-refractivity contribution in [1.29, 1.82) is 0 Å². The fraction of sp³-hybridized carbons (Fsp3) is 0.333. The predicted octanol–water partition coefficient (Wildman–Crippen LogP) is 3.60. The molecule has 8 nitrogen and oxygen atoms in total. The highest BCUT2D eigenvalue weighted by atomic mass is 19.4. The molecule has 2 aromatic heterocycles. The van der Waals surface area contributed by atoms with Gasteiger partial charge in [-0.3, -0.25) is 4.98 Å². The smallest absolute Gasteiger partial charge is 0.413 e. The SMILES string of the molecule is O=C(N1CCOCC1)N(Cc1ccc(-c2nnc(C(F)(F)F)o2)cc1)Cc1cccnc1. The van der Waals surface area contributed by atoms with Crippen LogP contribution in [0.5, 0.6) is 0 Å². The van der Waals surface area contributed by atoms with Crippen molar-refractivity contribution < 1.29 is 27.1 Å². The molecular weight excluding hydrogens is 427 g/mol. The van der Waals surface area contributed by atoms with Gasteiger partial charge in [-0.2, -0.15) is 13.2 Å². The number of nitrogens with zero attached hydrogens (tertiary/aromatic N) is 5. The second-order valence-corrected chi connectivity index (χ2v) is 7.21. The number of ether oxygens (including phenoxy) is 1. The van der Waals surface area contributed by atoms with Crippen LogP contribution in [0.2, 0.25) is 0 Å². The third-order valence-electron chi connectivity index (χ3n) is 4.89. The largest absolute Gasteiger partial charge is 0.470 e. The van der Waals surface area contributed by atoms with E-state index in [0.29, 0.717) is 45.0 Å². The van der Waals surface area contributed by atoms with Crippen molar-refractivity contribution in [2.45, 2.75) is 19.3 Å². The fourth-order valence-electron chi connectivity index (χ4n) is 3.29. The summed E-state index contributed by atoms with van der Waals surface area (Å²) in [4.78, 5) is 20.7. The molecule has 11 heteroatoms. The molecule has 1 aromatic carbocycles. The zero-order chi connectivity index (χ0) is 22.6. The van der Waals surface area contributed by atoms with Gasteiger partial charge in [-0.05, 0) is 29.3 Å². The molecule has 0 atom stereocenters. The zero-order valence-corrected chi connectivity index (χ0v) is 17.0. The fourth-order valence-corrected chi connectivity index (χ4v) is 3.29. The third-order valence-corrected chi connectivity index (χ3v) is 4.89. The molecule has 0 aliphatic carbocycles. The number of morpholine rings is 1. The topological polar surface area (TPSA) is 84.6 Å². The van der Waals surface area contributed by atoms with Gasteiger partial charge in [-0.1, -0.05) is 18.2 Å². The van der Waals surface area contributed by atoms with Gasteiger partial charge >= 0.3 is 18.1 Å². The molecule has 1 aliphatic rings. The summed E-state index contributed by atoms with van der Waals surface area (Å²) in [5.41, 5.74) is 2.04. The molecule has 168 valence electrons. The molecule has 3 aromatic rings. The molecule has 0 radical (unpaired) electrons. The van der Waals surface area contributed by atoms with Crippen LogP contribution < -0.4 is 0 Å². The van der Waals surface area contributed by atoms with Crippen molar-refractivity contribution in [3.8, 4) is 11.5 Å². The maximum atomic E-state index is 13.1. The van der Waals surface area contributed by atoms with Gasteiger partial charge in [0.05, 0.1) is 13.2 Å². The molecule has 1 saturated heterocycles. The van der Waals surface area contributed by atoms with E-state index in [0.717, 1.165) is 11.1 Å². The number of carbonyl (C=O) groups is 1. The van der Waals surface area contributed by atoms with E-state index >= 15 is 0 Å². The number of carbonyl (C=O) groups excluding carboxylic acids is 1. The van der Waals surface area contributed by atoms with E-state index in [1.165, 1.54) is 0 Å². The molecule has 0 bridgehead atoms. The van der Waals surface area contributed by atoms with E-state index in [4.69, 9.17) is 9.15 Å². The van der Waals surface area contributed by atoms with Crippen molar-refractivity contribution in [1.82, 2.24) is 25.0 Å². The molecule has 0 unspecified atom stereocenters. The Kier molecular flexibility index (Phi) is 6.35. The van der Waals surface area contributed by atoms with Crippen LogP contribution in [-0.4, -0.2) is 57.3 Å². The monoisotopic (exact) mass is 447 g/mol. The highest BCUT2D eigenvalue weighted by molar-refractivity contribution is 5.74.